The SMILES string of the molecule is c1ccc(CC(OC(Cc2ccccc2)c2cccc3ccccc23)c2cccc3ccccc23)cc1. The lowest BCUT2D eigenvalue weighted by molar-refractivity contribution is -0.0133. The van der Waals surface area contributed by atoms with Gasteiger partial charge in [-0.05, 0) is 43.8 Å². The zero-order chi connectivity index (χ0) is 24.9. The first-order valence-electron chi connectivity index (χ1n) is 13.0. The highest BCUT2D eigenvalue weighted by molar-refractivity contribution is 5.87. The summed E-state index contributed by atoms with van der Waals surface area (Å²) in [5.41, 5.74) is 5.02. The largest absolute Gasteiger partial charge is 0.365 e. The molecule has 0 radical (unpaired) electrons. The van der Waals surface area contributed by atoms with Gasteiger partial charge >= 0.3 is 0 Å². The summed E-state index contributed by atoms with van der Waals surface area (Å²) in [5.74, 6) is 0. The van der Waals surface area contributed by atoms with Crippen LogP contribution in [0.3, 0.4) is 0 Å². The molecule has 6 aromatic carbocycles. The Morgan fingerprint density at radius 3 is 1.22 bits per heavy atom. The second-order valence-electron chi connectivity index (χ2n) is 9.63. The molecule has 0 spiro atoms. The van der Waals surface area contributed by atoms with Gasteiger partial charge in [0, 0.05) is 12.8 Å². The van der Waals surface area contributed by atoms with Crippen molar-refractivity contribution in [2.75, 3.05) is 0 Å². The van der Waals surface area contributed by atoms with Gasteiger partial charge in [-0.15, -0.1) is 0 Å². The summed E-state index contributed by atoms with van der Waals surface area (Å²) < 4.78 is 7.25. The van der Waals surface area contributed by atoms with E-state index in [9.17, 15) is 0 Å². The third kappa shape index (κ3) is 5.18. The molecule has 0 heterocycles. The molecule has 1 heteroatoms. The number of hydrogen-bond donors (Lipinski definition) is 0. The Kier molecular flexibility index (Phi) is 6.79. The molecule has 0 bridgehead atoms. The topological polar surface area (TPSA) is 9.23 Å². The van der Waals surface area contributed by atoms with Crippen molar-refractivity contribution in [3.05, 3.63) is 168 Å². The molecule has 1 nitrogen and oxygen atoms in total. The number of ether oxygens (including phenoxy) is 1. The van der Waals surface area contributed by atoms with E-state index in [2.05, 4.69) is 146 Å². The van der Waals surface area contributed by atoms with E-state index < -0.39 is 0 Å². The molecule has 0 aliphatic rings. The predicted octanol–water partition coefficient (Wildman–Crippen LogP) is 9.28. The summed E-state index contributed by atoms with van der Waals surface area (Å²) in [4.78, 5) is 0. The van der Waals surface area contributed by atoms with Crippen LogP contribution >= 0.6 is 0 Å². The Morgan fingerprint density at radius 1 is 0.378 bits per heavy atom. The second kappa shape index (κ2) is 10.8. The third-order valence-electron chi connectivity index (χ3n) is 7.20. The zero-order valence-electron chi connectivity index (χ0n) is 20.8. The molecule has 6 aromatic rings. The highest BCUT2D eigenvalue weighted by atomic mass is 16.5. The van der Waals surface area contributed by atoms with Crippen molar-refractivity contribution in [2.24, 2.45) is 0 Å². The van der Waals surface area contributed by atoms with Crippen LogP contribution in [-0.2, 0) is 17.6 Å². The van der Waals surface area contributed by atoms with Gasteiger partial charge in [0.2, 0.25) is 0 Å². The highest BCUT2D eigenvalue weighted by Crippen LogP contribution is 2.37. The average molecular weight is 479 g/mol. The molecule has 180 valence electrons. The summed E-state index contributed by atoms with van der Waals surface area (Å²) in [5, 5.41) is 4.99. The Morgan fingerprint density at radius 2 is 0.757 bits per heavy atom. The maximum atomic E-state index is 7.25. The molecule has 0 aromatic heterocycles. The van der Waals surface area contributed by atoms with Crippen LogP contribution in [0, 0.1) is 0 Å². The lowest BCUT2D eigenvalue weighted by atomic mass is 9.93. The molecular formula is C36H30O. The molecule has 0 saturated carbocycles. The second-order valence-corrected chi connectivity index (χ2v) is 9.63. The molecule has 0 aliphatic heterocycles. The number of rotatable bonds is 8. The van der Waals surface area contributed by atoms with E-state index in [-0.39, 0.29) is 12.2 Å². The van der Waals surface area contributed by atoms with E-state index in [1.165, 1.54) is 43.8 Å². The Labute approximate surface area is 219 Å². The summed E-state index contributed by atoms with van der Waals surface area (Å²) in [6, 6.07) is 51.8. The summed E-state index contributed by atoms with van der Waals surface area (Å²) >= 11 is 0. The van der Waals surface area contributed by atoms with Crippen molar-refractivity contribution in [1.29, 1.82) is 0 Å². The molecule has 0 aliphatic carbocycles. The number of benzene rings is 6. The van der Waals surface area contributed by atoms with Crippen molar-refractivity contribution in [3.8, 4) is 0 Å². The van der Waals surface area contributed by atoms with Crippen molar-refractivity contribution >= 4 is 21.5 Å². The van der Waals surface area contributed by atoms with Crippen LogP contribution in [0.5, 0.6) is 0 Å². The maximum Gasteiger partial charge on any atom is 0.0879 e. The van der Waals surface area contributed by atoms with Crippen LogP contribution in [-0.4, -0.2) is 0 Å². The van der Waals surface area contributed by atoms with Crippen LogP contribution in [0.1, 0.15) is 34.5 Å². The molecule has 2 unspecified atom stereocenters. The molecule has 6 rings (SSSR count). The van der Waals surface area contributed by atoms with E-state index in [4.69, 9.17) is 4.74 Å². The Balaban J connectivity index is 1.47. The van der Waals surface area contributed by atoms with Crippen LogP contribution < -0.4 is 0 Å². The van der Waals surface area contributed by atoms with Gasteiger partial charge in [-0.1, -0.05) is 146 Å². The van der Waals surface area contributed by atoms with Crippen LogP contribution in [0.15, 0.2) is 146 Å². The van der Waals surface area contributed by atoms with Crippen molar-refractivity contribution in [2.45, 2.75) is 25.0 Å². The number of fused-ring (bicyclic) bond motifs is 2. The molecular weight excluding hydrogens is 448 g/mol. The first-order chi connectivity index (χ1) is 18.3. The van der Waals surface area contributed by atoms with Crippen LogP contribution in [0.2, 0.25) is 0 Å². The van der Waals surface area contributed by atoms with Crippen molar-refractivity contribution in [3.63, 3.8) is 0 Å². The fraction of sp³-hybridized carbons (Fsp3) is 0.111. The van der Waals surface area contributed by atoms with Gasteiger partial charge in [0.25, 0.3) is 0 Å². The smallest absolute Gasteiger partial charge is 0.0879 e. The molecule has 0 fully saturated rings. The lowest BCUT2D eigenvalue weighted by Gasteiger charge is -2.28. The minimum Gasteiger partial charge on any atom is -0.365 e. The van der Waals surface area contributed by atoms with Gasteiger partial charge in [-0.3, -0.25) is 0 Å². The minimum absolute atomic E-state index is 0.0961. The van der Waals surface area contributed by atoms with Gasteiger partial charge in [-0.2, -0.15) is 0 Å². The van der Waals surface area contributed by atoms with E-state index >= 15 is 0 Å². The fourth-order valence-electron chi connectivity index (χ4n) is 5.38. The Hall–Kier alpha value is -4.20. The summed E-state index contributed by atoms with van der Waals surface area (Å²) in [6.45, 7) is 0. The average Bonchev–Trinajstić information content (AvgIpc) is 2.97. The van der Waals surface area contributed by atoms with Gasteiger partial charge < -0.3 is 4.74 Å². The number of hydrogen-bond acceptors (Lipinski definition) is 1. The summed E-state index contributed by atoms with van der Waals surface area (Å²) in [6.07, 6.45) is 1.43. The monoisotopic (exact) mass is 478 g/mol. The van der Waals surface area contributed by atoms with Crippen molar-refractivity contribution < 1.29 is 4.74 Å². The zero-order valence-corrected chi connectivity index (χ0v) is 20.8. The lowest BCUT2D eigenvalue weighted by Crippen LogP contribution is -2.16. The van der Waals surface area contributed by atoms with Gasteiger partial charge in [0.05, 0.1) is 12.2 Å². The predicted molar refractivity (Wildman–Crippen MR) is 155 cm³/mol. The van der Waals surface area contributed by atoms with Gasteiger partial charge in [-0.25, -0.2) is 0 Å². The first kappa shape index (κ1) is 23.2. The van der Waals surface area contributed by atoms with E-state index in [0.717, 1.165) is 12.8 Å². The normalized spacial score (nSPS) is 13.0. The first-order valence-corrected chi connectivity index (χ1v) is 13.0. The summed E-state index contributed by atoms with van der Waals surface area (Å²) in [7, 11) is 0. The van der Waals surface area contributed by atoms with E-state index in [1.54, 1.807) is 0 Å². The molecule has 2 atom stereocenters. The quantitative estimate of drug-likeness (QED) is 0.212. The fourth-order valence-corrected chi connectivity index (χ4v) is 5.38. The minimum atomic E-state index is -0.0961. The molecule has 0 N–H and O–H groups in total. The highest BCUT2D eigenvalue weighted by Gasteiger charge is 2.24. The van der Waals surface area contributed by atoms with E-state index in [1.807, 2.05) is 0 Å². The molecule has 0 saturated heterocycles. The van der Waals surface area contributed by atoms with Crippen molar-refractivity contribution in [1.82, 2.24) is 0 Å². The molecule has 0 amide bonds. The maximum absolute atomic E-state index is 7.25. The van der Waals surface area contributed by atoms with Crippen LogP contribution in [0.4, 0.5) is 0 Å². The molecule has 37 heavy (non-hydrogen) atoms. The van der Waals surface area contributed by atoms with Crippen LogP contribution in [0.25, 0.3) is 21.5 Å². The van der Waals surface area contributed by atoms with Gasteiger partial charge in [0.1, 0.15) is 0 Å². The van der Waals surface area contributed by atoms with Gasteiger partial charge in [0.15, 0.2) is 0 Å². The standard InChI is InChI=1S/C36H30O/c1-3-13-27(14-4-1)25-35(33-23-11-19-29-17-7-9-21-31(29)33)37-36(26-28-15-5-2-6-16-28)34-24-12-20-30-18-8-10-22-32(30)34/h1-24,35-36H,25-26H2. The third-order valence-corrected chi connectivity index (χ3v) is 7.20. The van der Waals surface area contributed by atoms with E-state index in [0.29, 0.717) is 0 Å². The Bertz CT molecular complexity index is 1470.